The number of hydrogen-bond donors (Lipinski definition) is 0. The van der Waals surface area contributed by atoms with E-state index in [4.69, 9.17) is 14.2 Å². The van der Waals surface area contributed by atoms with E-state index in [0.29, 0.717) is 18.8 Å². The molecular weight excluding hydrogens is 216 g/mol. The summed E-state index contributed by atoms with van der Waals surface area (Å²) in [5, 5.41) is 0. The Kier molecular flexibility index (Phi) is 4.40. The van der Waals surface area contributed by atoms with Crippen molar-refractivity contribution in [3.8, 4) is 5.75 Å². The molecule has 0 aliphatic carbocycles. The van der Waals surface area contributed by atoms with Gasteiger partial charge in [-0.15, -0.1) is 0 Å². The van der Waals surface area contributed by atoms with E-state index in [1.807, 2.05) is 24.3 Å². The molecule has 1 fully saturated rings. The Hall–Kier alpha value is -1.06. The largest absolute Gasteiger partial charge is 0.497 e. The molecule has 0 unspecified atom stereocenters. The molecule has 0 saturated carbocycles. The predicted molar refractivity (Wildman–Crippen MR) is 66.2 cm³/mol. The number of epoxide rings is 1. The first-order valence-corrected chi connectivity index (χ1v) is 6.14. The van der Waals surface area contributed by atoms with E-state index in [-0.39, 0.29) is 0 Å². The zero-order valence-electron chi connectivity index (χ0n) is 10.5. The second-order valence-corrected chi connectivity index (χ2v) is 4.50. The summed E-state index contributed by atoms with van der Waals surface area (Å²) in [4.78, 5) is 0. The third-order valence-corrected chi connectivity index (χ3v) is 2.99. The van der Waals surface area contributed by atoms with Gasteiger partial charge in [-0.2, -0.15) is 0 Å². The summed E-state index contributed by atoms with van der Waals surface area (Å²) >= 11 is 0. The molecule has 0 spiro atoms. The van der Waals surface area contributed by atoms with Crippen LogP contribution < -0.4 is 4.74 Å². The monoisotopic (exact) mass is 236 g/mol. The van der Waals surface area contributed by atoms with E-state index < -0.39 is 0 Å². The molecule has 2 rings (SSSR count). The van der Waals surface area contributed by atoms with E-state index in [1.165, 1.54) is 5.56 Å². The van der Waals surface area contributed by atoms with Crippen LogP contribution in [0.1, 0.15) is 25.3 Å². The molecule has 3 nitrogen and oxygen atoms in total. The Labute approximate surface area is 103 Å². The molecule has 0 radical (unpaired) electrons. The van der Waals surface area contributed by atoms with Gasteiger partial charge in [-0.25, -0.2) is 0 Å². The van der Waals surface area contributed by atoms with Gasteiger partial charge in [-0.1, -0.05) is 12.1 Å². The molecule has 1 aromatic rings. The normalized spacial score (nSPS) is 20.0. The molecule has 0 aromatic heterocycles. The lowest BCUT2D eigenvalue weighted by molar-refractivity contribution is 0.0449. The van der Waals surface area contributed by atoms with Gasteiger partial charge in [0.25, 0.3) is 0 Å². The molecule has 0 amide bonds. The molecule has 1 aromatic carbocycles. The molecule has 3 heteroatoms. The Morgan fingerprint density at radius 1 is 1.35 bits per heavy atom. The van der Waals surface area contributed by atoms with Crippen LogP contribution in [0, 0.1) is 0 Å². The summed E-state index contributed by atoms with van der Waals surface area (Å²) in [7, 11) is 1.67. The van der Waals surface area contributed by atoms with Gasteiger partial charge < -0.3 is 14.2 Å². The predicted octanol–water partition coefficient (Wildman–Crippen LogP) is 2.78. The van der Waals surface area contributed by atoms with E-state index >= 15 is 0 Å². The fraction of sp³-hybridized carbons (Fsp3) is 0.571. The maximum atomic E-state index is 5.78. The molecule has 0 bridgehead atoms. The Bertz CT molecular complexity index is 330. The molecule has 1 heterocycles. The van der Waals surface area contributed by atoms with Crippen molar-refractivity contribution in [2.45, 2.75) is 38.6 Å². The molecule has 2 atom stereocenters. The minimum absolute atomic E-state index is 0.293. The first kappa shape index (κ1) is 12.4. The SMILES string of the molecule is COc1ccc(CO[C@@H](C)CC[C@@H]2CO2)cc1. The van der Waals surface area contributed by atoms with Crippen molar-refractivity contribution in [2.24, 2.45) is 0 Å². The Morgan fingerprint density at radius 2 is 2.06 bits per heavy atom. The summed E-state index contributed by atoms with van der Waals surface area (Å²) in [6.07, 6.45) is 2.98. The van der Waals surface area contributed by atoms with Crippen LogP contribution in [0.3, 0.4) is 0 Å². The highest BCUT2D eigenvalue weighted by Gasteiger charge is 2.22. The molecule has 0 N–H and O–H groups in total. The lowest BCUT2D eigenvalue weighted by atomic mass is 10.2. The van der Waals surface area contributed by atoms with Gasteiger partial charge in [-0.3, -0.25) is 0 Å². The highest BCUT2D eigenvalue weighted by Crippen LogP contribution is 2.18. The molecular formula is C14H20O3. The molecule has 17 heavy (non-hydrogen) atoms. The lowest BCUT2D eigenvalue weighted by Gasteiger charge is -2.12. The van der Waals surface area contributed by atoms with Crippen LogP contribution in [-0.4, -0.2) is 25.9 Å². The van der Waals surface area contributed by atoms with E-state index in [0.717, 1.165) is 25.2 Å². The topological polar surface area (TPSA) is 31.0 Å². The van der Waals surface area contributed by atoms with Crippen LogP contribution in [0.15, 0.2) is 24.3 Å². The van der Waals surface area contributed by atoms with Gasteiger partial charge in [0.15, 0.2) is 0 Å². The molecule has 94 valence electrons. The number of hydrogen-bond acceptors (Lipinski definition) is 3. The third-order valence-electron chi connectivity index (χ3n) is 2.99. The van der Waals surface area contributed by atoms with Gasteiger partial charge in [0.05, 0.1) is 32.5 Å². The molecule has 1 saturated heterocycles. The van der Waals surface area contributed by atoms with E-state index in [1.54, 1.807) is 7.11 Å². The Balaban J connectivity index is 1.68. The summed E-state index contributed by atoms with van der Waals surface area (Å²) < 4.78 is 16.1. The van der Waals surface area contributed by atoms with Crippen LogP contribution >= 0.6 is 0 Å². The van der Waals surface area contributed by atoms with Crippen LogP contribution in [0.25, 0.3) is 0 Å². The second kappa shape index (κ2) is 6.03. The minimum Gasteiger partial charge on any atom is -0.497 e. The summed E-state index contributed by atoms with van der Waals surface area (Å²) in [6.45, 7) is 3.72. The summed E-state index contributed by atoms with van der Waals surface area (Å²) in [5.74, 6) is 0.882. The van der Waals surface area contributed by atoms with Crippen molar-refractivity contribution in [3.05, 3.63) is 29.8 Å². The Morgan fingerprint density at radius 3 is 2.65 bits per heavy atom. The maximum absolute atomic E-state index is 5.78. The van der Waals surface area contributed by atoms with Crippen molar-refractivity contribution >= 4 is 0 Å². The highest BCUT2D eigenvalue weighted by molar-refractivity contribution is 5.26. The van der Waals surface area contributed by atoms with Crippen LogP contribution in [0.4, 0.5) is 0 Å². The first-order valence-electron chi connectivity index (χ1n) is 6.14. The van der Waals surface area contributed by atoms with Gasteiger partial charge in [0, 0.05) is 0 Å². The average molecular weight is 236 g/mol. The van der Waals surface area contributed by atoms with Crippen molar-refractivity contribution < 1.29 is 14.2 Å². The van der Waals surface area contributed by atoms with Crippen molar-refractivity contribution in [2.75, 3.05) is 13.7 Å². The van der Waals surface area contributed by atoms with E-state index in [9.17, 15) is 0 Å². The maximum Gasteiger partial charge on any atom is 0.118 e. The van der Waals surface area contributed by atoms with Crippen LogP contribution in [0.2, 0.25) is 0 Å². The highest BCUT2D eigenvalue weighted by atomic mass is 16.6. The fourth-order valence-electron chi connectivity index (χ4n) is 1.70. The number of rotatable bonds is 7. The smallest absolute Gasteiger partial charge is 0.118 e. The quantitative estimate of drug-likeness (QED) is 0.682. The fourth-order valence-corrected chi connectivity index (χ4v) is 1.70. The average Bonchev–Trinajstić information content (AvgIpc) is 3.18. The van der Waals surface area contributed by atoms with Crippen molar-refractivity contribution in [3.63, 3.8) is 0 Å². The summed E-state index contributed by atoms with van der Waals surface area (Å²) in [5.41, 5.74) is 1.18. The van der Waals surface area contributed by atoms with E-state index in [2.05, 4.69) is 6.92 Å². The van der Waals surface area contributed by atoms with Gasteiger partial charge >= 0.3 is 0 Å². The number of methoxy groups -OCH3 is 1. The standard InChI is InChI=1S/C14H20O3/c1-11(3-6-14-10-17-14)16-9-12-4-7-13(15-2)8-5-12/h4-5,7-8,11,14H,3,6,9-10H2,1-2H3/t11-,14+/m0/s1. The zero-order valence-corrected chi connectivity index (χ0v) is 10.5. The van der Waals surface area contributed by atoms with Crippen LogP contribution in [0.5, 0.6) is 5.75 Å². The van der Waals surface area contributed by atoms with Gasteiger partial charge in [-0.05, 0) is 37.5 Å². The summed E-state index contributed by atoms with van der Waals surface area (Å²) in [6, 6.07) is 7.99. The van der Waals surface area contributed by atoms with Crippen LogP contribution in [-0.2, 0) is 16.1 Å². The van der Waals surface area contributed by atoms with Crippen molar-refractivity contribution in [1.29, 1.82) is 0 Å². The zero-order chi connectivity index (χ0) is 12.1. The lowest BCUT2D eigenvalue weighted by Crippen LogP contribution is -2.09. The molecule has 1 aliphatic heterocycles. The second-order valence-electron chi connectivity index (χ2n) is 4.50. The third kappa shape index (κ3) is 4.36. The van der Waals surface area contributed by atoms with Gasteiger partial charge in [0.2, 0.25) is 0 Å². The van der Waals surface area contributed by atoms with Crippen molar-refractivity contribution in [1.82, 2.24) is 0 Å². The number of benzene rings is 1. The first-order chi connectivity index (χ1) is 8.28. The molecule has 1 aliphatic rings. The minimum atomic E-state index is 0.293. The number of ether oxygens (including phenoxy) is 3. The van der Waals surface area contributed by atoms with Gasteiger partial charge in [0.1, 0.15) is 5.75 Å².